The van der Waals surface area contributed by atoms with E-state index in [0.29, 0.717) is 13.2 Å². The van der Waals surface area contributed by atoms with Gasteiger partial charge < -0.3 is 9.47 Å². The Labute approximate surface area is 139 Å². The summed E-state index contributed by atoms with van der Waals surface area (Å²) in [7, 11) is 2.10. The van der Waals surface area contributed by atoms with Gasteiger partial charge >= 0.3 is 0 Å². The molecule has 134 valence electrons. The Morgan fingerprint density at radius 3 is 1.50 bits per heavy atom. The van der Waals surface area contributed by atoms with E-state index >= 15 is 0 Å². The standard InChI is InChI=1S/C19H41NO2/c1-6-9-10-11-12-13-14-15-16-17-18-20(5)19(4,21-7-2)22-8-3/h6-18H2,1-5H3. The van der Waals surface area contributed by atoms with E-state index in [1.165, 1.54) is 64.2 Å². The molecule has 0 atom stereocenters. The average molecular weight is 316 g/mol. The second kappa shape index (κ2) is 14.5. The first-order chi connectivity index (χ1) is 10.6. The highest BCUT2D eigenvalue weighted by atomic mass is 16.7. The highest BCUT2D eigenvalue weighted by Gasteiger charge is 2.29. The molecule has 0 fully saturated rings. The fraction of sp³-hybridized carbons (Fsp3) is 1.00. The first-order valence-corrected chi connectivity index (χ1v) is 9.59. The summed E-state index contributed by atoms with van der Waals surface area (Å²) < 4.78 is 11.6. The molecule has 22 heavy (non-hydrogen) atoms. The van der Waals surface area contributed by atoms with Crippen LogP contribution in [-0.2, 0) is 9.47 Å². The van der Waals surface area contributed by atoms with Gasteiger partial charge in [0.15, 0.2) is 0 Å². The Kier molecular flexibility index (Phi) is 14.4. The predicted molar refractivity (Wildman–Crippen MR) is 96.1 cm³/mol. The highest BCUT2D eigenvalue weighted by Crippen LogP contribution is 2.18. The van der Waals surface area contributed by atoms with Crippen LogP contribution in [0.3, 0.4) is 0 Å². The lowest BCUT2D eigenvalue weighted by Crippen LogP contribution is -2.49. The van der Waals surface area contributed by atoms with Crippen LogP contribution in [0, 0.1) is 0 Å². The van der Waals surface area contributed by atoms with Crippen molar-refractivity contribution in [1.29, 1.82) is 0 Å². The third-order valence-corrected chi connectivity index (χ3v) is 4.36. The van der Waals surface area contributed by atoms with Crippen molar-refractivity contribution in [3.63, 3.8) is 0 Å². The summed E-state index contributed by atoms with van der Waals surface area (Å²) in [6, 6.07) is 0. The molecular weight excluding hydrogens is 274 g/mol. The smallest absolute Gasteiger partial charge is 0.226 e. The molecule has 0 N–H and O–H groups in total. The van der Waals surface area contributed by atoms with Crippen LogP contribution in [0.2, 0.25) is 0 Å². The quantitative estimate of drug-likeness (QED) is 0.274. The monoisotopic (exact) mass is 315 g/mol. The van der Waals surface area contributed by atoms with Crippen LogP contribution in [0.1, 0.15) is 91.9 Å². The van der Waals surface area contributed by atoms with Gasteiger partial charge in [-0.25, -0.2) is 0 Å². The van der Waals surface area contributed by atoms with E-state index < -0.39 is 5.91 Å². The molecule has 0 aromatic rings. The third-order valence-electron chi connectivity index (χ3n) is 4.36. The third kappa shape index (κ3) is 10.6. The SMILES string of the molecule is CCCCCCCCCCCCN(C)C(C)(OCC)OCC. The topological polar surface area (TPSA) is 21.7 Å². The van der Waals surface area contributed by atoms with Crippen molar-refractivity contribution in [2.75, 3.05) is 26.8 Å². The van der Waals surface area contributed by atoms with E-state index in [1.54, 1.807) is 0 Å². The van der Waals surface area contributed by atoms with E-state index in [9.17, 15) is 0 Å². The molecule has 0 rings (SSSR count). The van der Waals surface area contributed by atoms with Crippen LogP contribution in [-0.4, -0.2) is 37.6 Å². The maximum Gasteiger partial charge on any atom is 0.226 e. The van der Waals surface area contributed by atoms with E-state index in [1.807, 2.05) is 20.8 Å². The minimum absolute atomic E-state index is 0.567. The van der Waals surface area contributed by atoms with Crippen molar-refractivity contribution < 1.29 is 9.47 Å². The molecule has 0 saturated heterocycles. The second-order valence-electron chi connectivity index (χ2n) is 6.37. The highest BCUT2D eigenvalue weighted by molar-refractivity contribution is 4.64. The molecule has 3 nitrogen and oxygen atoms in total. The summed E-state index contributed by atoms with van der Waals surface area (Å²) in [5.74, 6) is -0.567. The lowest BCUT2D eigenvalue weighted by atomic mass is 10.1. The molecule has 0 bridgehead atoms. The van der Waals surface area contributed by atoms with Gasteiger partial charge in [-0.05, 0) is 27.3 Å². The number of unbranched alkanes of at least 4 members (excludes halogenated alkanes) is 9. The summed E-state index contributed by atoms with van der Waals surface area (Å²) >= 11 is 0. The molecule has 0 aromatic heterocycles. The molecule has 0 radical (unpaired) electrons. The van der Waals surface area contributed by atoms with Gasteiger partial charge in [0.25, 0.3) is 0 Å². The predicted octanol–water partition coefficient (Wildman–Crippen LogP) is 5.59. The zero-order valence-electron chi connectivity index (χ0n) is 16.0. The number of nitrogens with zero attached hydrogens (tertiary/aromatic N) is 1. The van der Waals surface area contributed by atoms with Gasteiger partial charge in [-0.1, -0.05) is 64.7 Å². The first kappa shape index (κ1) is 21.9. The van der Waals surface area contributed by atoms with E-state index in [-0.39, 0.29) is 0 Å². The van der Waals surface area contributed by atoms with Crippen molar-refractivity contribution in [2.24, 2.45) is 0 Å². The summed E-state index contributed by atoms with van der Waals surface area (Å²) in [5, 5.41) is 0. The van der Waals surface area contributed by atoms with E-state index in [0.717, 1.165) is 6.54 Å². The van der Waals surface area contributed by atoms with Crippen LogP contribution in [0.5, 0.6) is 0 Å². The Morgan fingerprint density at radius 2 is 1.09 bits per heavy atom. The minimum Gasteiger partial charge on any atom is -0.338 e. The van der Waals surface area contributed by atoms with Gasteiger partial charge in [-0.3, -0.25) is 4.90 Å². The normalized spacial score (nSPS) is 12.3. The van der Waals surface area contributed by atoms with Crippen LogP contribution < -0.4 is 0 Å². The molecule has 0 aromatic carbocycles. The molecule has 0 amide bonds. The Balaban J connectivity index is 3.60. The number of rotatable bonds is 16. The van der Waals surface area contributed by atoms with Crippen LogP contribution in [0.25, 0.3) is 0 Å². The van der Waals surface area contributed by atoms with Crippen LogP contribution in [0.15, 0.2) is 0 Å². The van der Waals surface area contributed by atoms with Gasteiger partial charge in [0.2, 0.25) is 5.91 Å². The zero-order valence-corrected chi connectivity index (χ0v) is 16.0. The maximum atomic E-state index is 5.78. The van der Waals surface area contributed by atoms with Crippen molar-refractivity contribution in [3.8, 4) is 0 Å². The minimum atomic E-state index is -0.567. The van der Waals surface area contributed by atoms with Gasteiger partial charge in [0.05, 0.1) is 0 Å². The lowest BCUT2D eigenvalue weighted by molar-refractivity contribution is -0.298. The Hall–Kier alpha value is -0.120. The molecule has 0 spiro atoms. The van der Waals surface area contributed by atoms with Crippen LogP contribution >= 0.6 is 0 Å². The summed E-state index contributed by atoms with van der Waals surface area (Å²) in [6.07, 6.45) is 13.7. The Bertz CT molecular complexity index is 227. The first-order valence-electron chi connectivity index (χ1n) is 9.59. The van der Waals surface area contributed by atoms with E-state index in [2.05, 4.69) is 18.9 Å². The van der Waals surface area contributed by atoms with Crippen molar-refractivity contribution >= 4 is 0 Å². The lowest BCUT2D eigenvalue weighted by Gasteiger charge is -2.37. The van der Waals surface area contributed by atoms with Gasteiger partial charge in [-0.15, -0.1) is 0 Å². The molecular formula is C19H41NO2. The van der Waals surface area contributed by atoms with Crippen molar-refractivity contribution in [2.45, 2.75) is 97.8 Å². The summed E-state index contributed by atoms with van der Waals surface area (Å²) in [6.45, 7) is 10.7. The maximum absolute atomic E-state index is 5.78. The average Bonchev–Trinajstić information content (AvgIpc) is 2.49. The summed E-state index contributed by atoms with van der Waals surface area (Å²) in [4.78, 5) is 2.20. The zero-order chi connectivity index (χ0) is 16.7. The van der Waals surface area contributed by atoms with Crippen molar-refractivity contribution in [3.05, 3.63) is 0 Å². The molecule has 0 aliphatic carbocycles. The molecule has 3 heteroatoms. The molecule has 0 heterocycles. The molecule has 0 saturated carbocycles. The number of hydrogen-bond acceptors (Lipinski definition) is 3. The number of ether oxygens (including phenoxy) is 2. The fourth-order valence-electron chi connectivity index (χ4n) is 2.84. The van der Waals surface area contributed by atoms with Gasteiger partial charge in [0, 0.05) is 26.7 Å². The molecule has 0 unspecified atom stereocenters. The van der Waals surface area contributed by atoms with Crippen LogP contribution in [0.4, 0.5) is 0 Å². The van der Waals surface area contributed by atoms with E-state index in [4.69, 9.17) is 9.47 Å². The second-order valence-corrected chi connectivity index (χ2v) is 6.37. The summed E-state index contributed by atoms with van der Waals surface area (Å²) in [5.41, 5.74) is 0. The largest absolute Gasteiger partial charge is 0.338 e. The molecule has 0 aliphatic heterocycles. The van der Waals surface area contributed by atoms with Gasteiger partial charge in [0.1, 0.15) is 0 Å². The fourth-order valence-corrected chi connectivity index (χ4v) is 2.84. The van der Waals surface area contributed by atoms with Crippen molar-refractivity contribution in [1.82, 2.24) is 4.90 Å². The number of hydrogen-bond donors (Lipinski definition) is 0. The Morgan fingerprint density at radius 1 is 0.682 bits per heavy atom. The van der Waals surface area contributed by atoms with Gasteiger partial charge in [-0.2, -0.15) is 0 Å². The molecule has 0 aliphatic rings.